The van der Waals surface area contributed by atoms with E-state index >= 15 is 0 Å². The van der Waals surface area contributed by atoms with Gasteiger partial charge >= 0.3 is 5.97 Å². The van der Waals surface area contributed by atoms with Crippen molar-refractivity contribution in [1.29, 1.82) is 0 Å². The van der Waals surface area contributed by atoms with E-state index in [0.29, 0.717) is 41.4 Å². The number of carbonyl (C=O) groups excluding carboxylic acids is 1. The van der Waals surface area contributed by atoms with Crippen LogP contribution in [0.5, 0.6) is 0 Å². The van der Waals surface area contributed by atoms with Crippen LogP contribution in [0.3, 0.4) is 0 Å². The predicted molar refractivity (Wildman–Crippen MR) is 113 cm³/mol. The van der Waals surface area contributed by atoms with Crippen molar-refractivity contribution < 1.29 is 19.7 Å². The number of hydrogen-bond acceptors (Lipinski definition) is 4. The Morgan fingerprint density at radius 3 is 2.55 bits per heavy atom. The molecule has 0 heterocycles. The van der Waals surface area contributed by atoms with Gasteiger partial charge in [-0.25, -0.2) is 0 Å². The lowest BCUT2D eigenvalue weighted by Crippen LogP contribution is -2.58. The normalized spacial score (nSPS) is 50.2. The fraction of sp³-hybridized carbons (Fsp3) is 0.960. The molecule has 0 unspecified atom stereocenters. The number of aliphatic hydroxyl groups is 2. The van der Waals surface area contributed by atoms with Gasteiger partial charge in [0.25, 0.3) is 0 Å². The lowest BCUT2D eigenvalue weighted by molar-refractivity contribution is -0.175. The summed E-state index contributed by atoms with van der Waals surface area (Å²) in [5.74, 6) is 3.36. The molecule has 4 fully saturated rings. The molecule has 166 valence electrons. The van der Waals surface area contributed by atoms with Crippen LogP contribution in [0.4, 0.5) is 0 Å². The summed E-state index contributed by atoms with van der Waals surface area (Å²) < 4.78 is 4.85. The quantitative estimate of drug-likeness (QED) is 0.671. The molecule has 4 aliphatic rings. The minimum Gasteiger partial charge on any atom is -0.469 e. The van der Waals surface area contributed by atoms with Crippen LogP contribution < -0.4 is 0 Å². The van der Waals surface area contributed by atoms with E-state index in [2.05, 4.69) is 20.8 Å². The molecule has 4 heteroatoms. The molecule has 0 bridgehead atoms. The second kappa shape index (κ2) is 7.82. The lowest BCUT2D eigenvalue weighted by Gasteiger charge is -2.62. The van der Waals surface area contributed by atoms with Gasteiger partial charge in [-0.05, 0) is 104 Å². The van der Waals surface area contributed by atoms with Gasteiger partial charge < -0.3 is 14.9 Å². The zero-order chi connectivity index (χ0) is 21.0. The van der Waals surface area contributed by atoms with E-state index in [9.17, 15) is 15.0 Å². The Kier molecular flexibility index (Phi) is 5.83. The van der Waals surface area contributed by atoms with Gasteiger partial charge in [-0.1, -0.05) is 20.8 Å². The van der Waals surface area contributed by atoms with Gasteiger partial charge in [0, 0.05) is 6.42 Å². The van der Waals surface area contributed by atoms with Gasteiger partial charge in [-0.15, -0.1) is 0 Å². The summed E-state index contributed by atoms with van der Waals surface area (Å²) in [4.78, 5) is 11.6. The maximum Gasteiger partial charge on any atom is 0.305 e. The van der Waals surface area contributed by atoms with E-state index in [-0.39, 0.29) is 23.6 Å². The second-order valence-electron chi connectivity index (χ2n) is 11.5. The number of aliphatic hydroxyl groups excluding tert-OH is 2. The first kappa shape index (κ1) is 21.6. The van der Waals surface area contributed by atoms with Crippen LogP contribution >= 0.6 is 0 Å². The molecule has 29 heavy (non-hydrogen) atoms. The number of carbonyl (C=O) groups is 1. The summed E-state index contributed by atoms with van der Waals surface area (Å²) in [7, 11) is 1.46. The summed E-state index contributed by atoms with van der Waals surface area (Å²) in [5, 5.41) is 21.8. The third-order valence-corrected chi connectivity index (χ3v) is 10.5. The standard InChI is InChI=1S/C25H42O4/c1-15(5-10-23(28)29-4)19-8-9-20-18-7-6-16-13-17(26)11-12-24(16,2)21(18)14-22(27)25(19,20)3/h15-22,26-27H,5-14H2,1-4H3/t15-,16-,17+,18-,19-,20+,21+,22-,24-,25+/m0/s1. The highest BCUT2D eigenvalue weighted by molar-refractivity contribution is 5.69. The highest BCUT2D eigenvalue weighted by Crippen LogP contribution is 2.68. The molecule has 0 amide bonds. The van der Waals surface area contributed by atoms with Crippen molar-refractivity contribution in [3.63, 3.8) is 0 Å². The maximum absolute atomic E-state index is 11.6. The predicted octanol–water partition coefficient (Wildman–Crippen LogP) is 4.57. The second-order valence-corrected chi connectivity index (χ2v) is 11.5. The largest absolute Gasteiger partial charge is 0.469 e. The Morgan fingerprint density at radius 1 is 1.07 bits per heavy atom. The summed E-state index contributed by atoms with van der Waals surface area (Å²) in [6.07, 6.45) is 9.86. The summed E-state index contributed by atoms with van der Waals surface area (Å²) >= 11 is 0. The molecule has 0 spiro atoms. The van der Waals surface area contributed by atoms with Crippen LogP contribution in [0.25, 0.3) is 0 Å². The monoisotopic (exact) mass is 406 g/mol. The first-order valence-electron chi connectivity index (χ1n) is 12.1. The van der Waals surface area contributed by atoms with Gasteiger partial charge in [0.05, 0.1) is 19.3 Å². The molecule has 10 atom stereocenters. The Balaban J connectivity index is 1.53. The minimum absolute atomic E-state index is 0.0198. The minimum atomic E-state index is -0.246. The third kappa shape index (κ3) is 3.37. The summed E-state index contributed by atoms with van der Waals surface area (Å²) in [6.45, 7) is 7.12. The Hall–Kier alpha value is -0.610. The van der Waals surface area contributed by atoms with Crippen LogP contribution in [-0.4, -0.2) is 35.5 Å². The number of fused-ring (bicyclic) bond motifs is 5. The van der Waals surface area contributed by atoms with Crippen molar-refractivity contribution >= 4 is 5.97 Å². The topological polar surface area (TPSA) is 66.8 Å². The van der Waals surface area contributed by atoms with Gasteiger partial charge in [-0.2, -0.15) is 0 Å². The molecular weight excluding hydrogens is 364 g/mol. The lowest BCUT2D eigenvalue weighted by atomic mass is 9.43. The van der Waals surface area contributed by atoms with Gasteiger partial charge in [0.1, 0.15) is 0 Å². The average Bonchev–Trinajstić information content (AvgIpc) is 3.06. The van der Waals surface area contributed by atoms with Crippen LogP contribution in [0, 0.1) is 46.3 Å². The molecule has 4 saturated carbocycles. The molecule has 0 radical (unpaired) electrons. The van der Waals surface area contributed by atoms with Crippen LogP contribution in [0.2, 0.25) is 0 Å². The molecule has 0 aromatic rings. The first-order chi connectivity index (χ1) is 13.7. The smallest absolute Gasteiger partial charge is 0.305 e. The molecule has 4 aliphatic carbocycles. The first-order valence-corrected chi connectivity index (χ1v) is 12.1. The maximum atomic E-state index is 11.6. The number of ether oxygens (including phenoxy) is 1. The number of rotatable bonds is 4. The van der Waals surface area contributed by atoms with E-state index in [1.807, 2.05) is 0 Å². The molecule has 0 aromatic heterocycles. The number of hydrogen-bond donors (Lipinski definition) is 2. The van der Waals surface area contributed by atoms with E-state index in [1.54, 1.807) is 0 Å². The van der Waals surface area contributed by atoms with Crippen LogP contribution in [-0.2, 0) is 9.53 Å². The van der Waals surface area contributed by atoms with Crippen molar-refractivity contribution in [2.75, 3.05) is 7.11 Å². The number of esters is 1. The van der Waals surface area contributed by atoms with Gasteiger partial charge in [0.15, 0.2) is 0 Å². The van der Waals surface area contributed by atoms with Crippen molar-refractivity contribution in [3.8, 4) is 0 Å². The van der Waals surface area contributed by atoms with Crippen molar-refractivity contribution in [2.24, 2.45) is 46.3 Å². The molecular formula is C25H42O4. The van der Waals surface area contributed by atoms with E-state index in [1.165, 1.54) is 32.8 Å². The van der Waals surface area contributed by atoms with E-state index in [4.69, 9.17) is 4.74 Å². The van der Waals surface area contributed by atoms with E-state index in [0.717, 1.165) is 38.0 Å². The molecule has 2 N–H and O–H groups in total. The molecule has 4 nitrogen and oxygen atoms in total. The zero-order valence-corrected chi connectivity index (χ0v) is 18.9. The van der Waals surface area contributed by atoms with Crippen LogP contribution in [0.1, 0.15) is 85.0 Å². The average molecular weight is 407 g/mol. The molecule has 0 saturated heterocycles. The SMILES string of the molecule is COC(=O)CC[C@H](C)[C@@H]1CC[C@@H]2[C@@H]3CC[C@H]4C[C@H](O)CC[C@]4(C)[C@@H]3C[C@H](O)[C@@]21C. The Labute approximate surface area is 176 Å². The molecule has 0 aromatic carbocycles. The highest BCUT2D eigenvalue weighted by Gasteiger charge is 2.63. The summed E-state index contributed by atoms with van der Waals surface area (Å²) in [6, 6.07) is 0. The third-order valence-electron chi connectivity index (χ3n) is 10.5. The van der Waals surface area contributed by atoms with Crippen molar-refractivity contribution in [3.05, 3.63) is 0 Å². The van der Waals surface area contributed by atoms with Gasteiger partial charge in [0.2, 0.25) is 0 Å². The Morgan fingerprint density at radius 2 is 1.83 bits per heavy atom. The Bertz CT molecular complexity index is 620. The van der Waals surface area contributed by atoms with Crippen LogP contribution in [0.15, 0.2) is 0 Å². The van der Waals surface area contributed by atoms with Crippen molar-refractivity contribution in [2.45, 2.75) is 97.2 Å². The summed E-state index contributed by atoms with van der Waals surface area (Å²) in [5.41, 5.74) is 0.271. The fourth-order valence-electron chi connectivity index (χ4n) is 8.81. The zero-order valence-electron chi connectivity index (χ0n) is 18.9. The fourth-order valence-corrected chi connectivity index (χ4v) is 8.81. The number of methoxy groups -OCH3 is 1. The van der Waals surface area contributed by atoms with Gasteiger partial charge in [-0.3, -0.25) is 4.79 Å². The molecule has 4 rings (SSSR count). The van der Waals surface area contributed by atoms with Crippen molar-refractivity contribution in [1.82, 2.24) is 0 Å². The molecule has 0 aliphatic heterocycles. The van der Waals surface area contributed by atoms with E-state index < -0.39 is 0 Å². The highest BCUT2D eigenvalue weighted by atomic mass is 16.5.